The molecule has 0 bridgehead atoms. The summed E-state index contributed by atoms with van der Waals surface area (Å²) in [5, 5.41) is 0.372. The lowest BCUT2D eigenvalue weighted by molar-refractivity contribution is 0.127. The van der Waals surface area contributed by atoms with Gasteiger partial charge in [0, 0.05) is 0 Å². The van der Waals surface area contributed by atoms with Crippen molar-refractivity contribution in [1.82, 2.24) is 0 Å². The maximum Gasteiger partial charge on any atom is 0.192 e. The van der Waals surface area contributed by atoms with Crippen LogP contribution in [-0.4, -0.2) is 14.4 Å². The molecule has 1 nitrogen and oxygen atoms in total. The van der Waals surface area contributed by atoms with Gasteiger partial charge in [-0.05, 0) is 72.9 Å². The highest BCUT2D eigenvalue weighted by molar-refractivity contribution is 6.74. The van der Waals surface area contributed by atoms with Crippen LogP contribution in [0.2, 0.25) is 18.1 Å². The summed E-state index contributed by atoms with van der Waals surface area (Å²) in [5.74, 6) is 6.37. The van der Waals surface area contributed by atoms with Crippen molar-refractivity contribution in [2.45, 2.75) is 64.3 Å². The van der Waals surface area contributed by atoms with Crippen LogP contribution in [0.4, 0.5) is 0 Å². The Hall–Kier alpha value is 0.177. The topological polar surface area (TPSA) is 9.23 Å². The van der Waals surface area contributed by atoms with E-state index in [0.717, 1.165) is 35.5 Å². The molecule has 4 fully saturated rings. The number of fused-ring (bicyclic) bond motifs is 5. The third-order valence-electron chi connectivity index (χ3n) is 6.85. The fourth-order valence-electron chi connectivity index (χ4n) is 4.44. The molecule has 0 aromatic carbocycles. The molecule has 4 saturated carbocycles. The fourth-order valence-corrected chi connectivity index (χ4v) is 5.82. The van der Waals surface area contributed by atoms with Gasteiger partial charge in [0.2, 0.25) is 0 Å². The largest absolute Gasteiger partial charge is 0.413 e. The highest BCUT2D eigenvalue weighted by Crippen LogP contribution is 2.73. The van der Waals surface area contributed by atoms with Crippen molar-refractivity contribution in [2.24, 2.45) is 35.5 Å². The monoisotopic (exact) mass is 264 g/mol. The second kappa shape index (κ2) is 3.25. The molecule has 0 spiro atoms. The Bertz CT molecular complexity index is 361. The lowest BCUT2D eigenvalue weighted by Gasteiger charge is -2.40. The second-order valence-electron chi connectivity index (χ2n) is 9.03. The van der Waals surface area contributed by atoms with Crippen LogP contribution in [0.1, 0.15) is 40.0 Å². The molecule has 102 valence electrons. The number of hydrogen-bond acceptors (Lipinski definition) is 1. The predicted molar refractivity (Wildman–Crippen MR) is 76.9 cm³/mol. The summed E-state index contributed by atoms with van der Waals surface area (Å²) >= 11 is 0. The van der Waals surface area contributed by atoms with Crippen LogP contribution in [-0.2, 0) is 4.43 Å². The lowest BCUT2D eigenvalue weighted by Crippen LogP contribution is -2.45. The molecule has 4 aliphatic carbocycles. The molecule has 2 heteroatoms. The zero-order valence-corrected chi connectivity index (χ0v) is 13.6. The van der Waals surface area contributed by atoms with E-state index < -0.39 is 8.32 Å². The zero-order valence-electron chi connectivity index (χ0n) is 12.6. The summed E-state index contributed by atoms with van der Waals surface area (Å²) in [6.45, 7) is 12.0. The third kappa shape index (κ3) is 1.61. The summed E-state index contributed by atoms with van der Waals surface area (Å²) in [6, 6.07) is 0. The molecule has 0 saturated heterocycles. The Labute approximate surface area is 113 Å². The molecule has 18 heavy (non-hydrogen) atoms. The van der Waals surface area contributed by atoms with Gasteiger partial charge >= 0.3 is 0 Å². The third-order valence-corrected chi connectivity index (χ3v) is 11.3. The molecule has 0 N–H and O–H groups in total. The molecule has 1 unspecified atom stereocenters. The quantitative estimate of drug-likeness (QED) is 0.676. The van der Waals surface area contributed by atoms with Crippen molar-refractivity contribution in [1.29, 1.82) is 0 Å². The SMILES string of the molecule is CC(C)(C)[Si](C)(C)OC1[C@@H]2C[C@@H]2[C@@H]2C[C@@H]2[C@H]2C[C@@H]12. The minimum absolute atomic E-state index is 0.372. The van der Waals surface area contributed by atoms with E-state index in [1.807, 2.05) is 0 Å². The smallest absolute Gasteiger partial charge is 0.192 e. The normalized spacial score (nSPS) is 52.8. The van der Waals surface area contributed by atoms with Crippen LogP contribution in [0.3, 0.4) is 0 Å². The standard InChI is InChI=1S/C16H28OSi/c1-16(2,3)18(4,5)17-15-13-7-11(13)9-6-10(9)12-8-14(12)15/h9-15H,6-8H2,1-5H3/t9-,10+,11-,12-,13-,14-,15?/m1/s1. The van der Waals surface area contributed by atoms with Crippen LogP contribution in [0.15, 0.2) is 0 Å². The molecule has 0 aromatic rings. The molecular formula is C16H28OSi. The molecule has 0 amide bonds. The Morgan fingerprint density at radius 1 is 0.778 bits per heavy atom. The first kappa shape index (κ1) is 12.0. The van der Waals surface area contributed by atoms with Gasteiger partial charge in [0.05, 0.1) is 6.10 Å². The predicted octanol–water partition coefficient (Wildman–Crippen LogP) is 4.30. The van der Waals surface area contributed by atoms with E-state index in [0.29, 0.717) is 11.1 Å². The van der Waals surface area contributed by atoms with Gasteiger partial charge in [-0.1, -0.05) is 20.8 Å². The molecular weight excluding hydrogens is 236 g/mol. The second-order valence-corrected chi connectivity index (χ2v) is 13.8. The van der Waals surface area contributed by atoms with E-state index in [1.165, 1.54) is 12.8 Å². The van der Waals surface area contributed by atoms with Crippen molar-refractivity contribution >= 4 is 8.32 Å². The zero-order chi connectivity index (χ0) is 12.9. The Balaban J connectivity index is 1.52. The van der Waals surface area contributed by atoms with Gasteiger partial charge in [-0.3, -0.25) is 0 Å². The van der Waals surface area contributed by atoms with Gasteiger partial charge in [0.1, 0.15) is 0 Å². The van der Waals surface area contributed by atoms with E-state index in [4.69, 9.17) is 4.43 Å². The van der Waals surface area contributed by atoms with Crippen molar-refractivity contribution < 1.29 is 4.43 Å². The summed E-state index contributed by atoms with van der Waals surface area (Å²) in [4.78, 5) is 0. The van der Waals surface area contributed by atoms with Crippen LogP contribution in [0.25, 0.3) is 0 Å². The van der Waals surface area contributed by atoms with Gasteiger partial charge in [-0.25, -0.2) is 0 Å². The van der Waals surface area contributed by atoms with Crippen molar-refractivity contribution in [3.05, 3.63) is 0 Å². The number of rotatable bonds is 2. The van der Waals surface area contributed by atoms with E-state index >= 15 is 0 Å². The molecule has 0 heterocycles. The van der Waals surface area contributed by atoms with Crippen molar-refractivity contribution in [3.8, 4) is 0 Å². The van der Waals surface area contributed by atoms with Gasteiger partial charge in [0.25, 0.3) is 0 Å². The van der Waals surface area contributed by atoms with E-state index in [9.17, 15) is 0 Å². The molecule has 0 aromatic heterocycles. The highest BCUT2D eigenvalue weighted by atomic mass is 28.4. The molecule has 7 atom stereocenters. The van der Waals surface area contributed by atoms with Crippen molar-refractivity contribution in [2.75, 3.05) is 0 Å². The van der Waals surface area contributed by atoms with Gasteiger partial charge < -0.3 is 4.43 Å². The first-order chi connectivity index (χ1) is 8.29. The fraction of sp³-hybridized carbons (Fsp3) is 1.00. The van der Waals surface area contributed by atoms with E-state index in [-0.39, 0.29) is 0 Å². The molecule has 4 aliphatic rings. The summed E-state index contributed by atoms with van der Waals surface area (Å²) < 4.78 is 6.84. The van der Waals surface area contributed by atoms with E-state index in [2.05, 4.69) is 33.9 Å². The van der Waals surface area contributed by atoms with Crippen LogP contribution < -0.4 is 0 Å². The van der Waals surface area contributed by atoms with Gasteiger partial charge in [-0.15, -0.1) is 0 Å². The Morgan fingerprint density at radius 3 is 1.61 bits per heavy atom. The van der Waals surface area contributed by atoms with Crippen LogP contribution >= 0.6 is 0 Å². The minimum Gasteiger partial charge on any atom is -0.413 e. The Kier molecular flexibility index (Phi) is 2.16. The van der Waals surface area contributed by atoms with Crippen molar-refractivity contribution in [3.63, 3.8) is 0 Å². The maximum atomic E-state index is 6.84. The lowest BCUT2D eigenvalue weighted by atomic mass is 10.1. The first-order valence-electron chi connectivity index (χ1n) is 7.97. The molecule has 0 radical (unpaired) electrons. The van der Waals surface area contributed by atoms with E-state index in [1.54, 1.807) is 6.42 Å². The molecule has 4 rings (SSSR count). The summed E-state index contributed by atoms with van der Waals surface area (Å²) in [7, 11) is -1.55. The molecule has 0 aliphatic heterocycles. The first-order valence-corrected chi connectivity index (χ1v) is 10.9. The van der Waals surface area contributed by atoms with Crippen LogP contribution in [0.5, 0.6) is 0 Å². The summed E-state index contributed by atoms with van der Waals surface area (Å²) in [5.41, 5.74) is 0. The van der Waals surface area contributed by atoms with Gasteiger partial charge in [-0.2, -0.15) is 0 Å². The minimum atomic E-state index is -1.55. The van der Waals surface area contributed by atoms with Crippen LogP contribution in [0, 0.1) is 35.5 Å². The number of hydrogen-bond donors (Lipinski definition) is 0. The summed E-state index contributed by atoms with van der Waals surface area (Å²) in [6.07, 6.45) is 5.25. The van der Waals surface area contributed by atoms with Gasteiger partial charge in [0.15, 0.2) is 8.32 Å². The average Bonchev–Trinajstić information content (AvgIpc) is 3.06. The highest BCUT2D eigenvalue weighted by Gasteiger charge is 2.69. The Morgan fingerprint density at radius 2 is 1.17 bits per heavy atom. The average molecular weight is 264 g/mol. The maximum absolute atomic E-state index is 6.84.